The lowest BCUT2D eigenvalue weighted by atomic mass is 10.2. The molecule has 1 amide bonds. The summed E-state index contributed by atoms with van der Waals surface area (Å²) in [5, 5.41) is 6.48. The summed E-state index contributed by atoms with van der Waals surface area (Å²) in [6.07, 6.45) is 1.47. The third-order valence-electron chi connectivity index (χ3n) is 4.18. The number of methoxy groups -OCH3 is 1. The van der Waals surface area contributed by atoms with Crippen LogP contribution in [-0.4, -0.2) is 31.2 Å². The molecule has 2 aromatic carbocycles. The minimum Gasteiger partial charge on any atom is -0.491 e. The Bertz CT molecular complexity index is 931. The summed E-state index contributed by atoms with van der Waals surface area (Å²) in [6.45, 7) is 1.60. The second kappa shape index (κ2) is 10.1. The normalized spacial score (nSPS) is 10.4. The standard InChI is InChI=1S/C22H24N4O3/c1-28-11-12-29-18-9-7-17(8-10-18)26-21-13-20(19(15-25-21)22(23)27)24-14-16-5-3-2-4-6-16/h2-10,13,15H,11-12,14H2,1H3,(H2,23,27)(H2,24,25,26). The van der Waals surface area contributed by atoms with E-state index in [0.717, 1.165) is 17.0 Å². The van der Waals surface area contributed by atoms with E-state index in [4.69, 9.17) is 15.2 Å². The maximum absolute atomic E-state index is 11.7. The zero-order chi connectivity index (χ0) is 20.5. The fourth-order valence-electron chi connectivity index (χ4n) is 2.68. The number of pyridine rings is 1. The largest absolute Gasteiger partial charge is 0.491 e. The number of nitrogens with zero attached hydrogens (tertiary/aromatic N) is 1. The summed E-state index contributed by atoms with van der Waals surface area (Å²) in [5.74, 6) is 0.825. The van der Waals surface area contributed by atoms with Crippen molar-refractivity contribution in [3.8, 4) is 5.75 Å². The average molecular weight is 392 g/mol. The molecule has 3 aromatic rings. The van der Waals surface area contributed by atoms with Gasteiger partial charge in [-0.1, -0.05) is 30.3 Å². The Kier molecular flexibility index (Phi) is 7.02. The van der Waals surface area contributed by atoms with Gasteiger partial charge in [0.05, 0.1) is 17.9 Å². The second-order valence-electron chi connectivity index (χ2n) is 6.31. The fraction of sp³-hybridized carbons (Fsp3) is 0.182. The van der Waals surface area contributed by atoms with Gasteiger partial charge in [-0.15, -0.1) is 0 Å². The van der Waals surface area contributed by atoms with Gasteiger partial charge >= 0.3 is 0 Å². The first-order chi connectivity index (χ1) is 14.2. The lowest BCUT2D eigenvalue weighted by Gasteiger charge is -2.13. The maximum Gasteiger partial charge on any atom is 0.252 e. The number of rotatable bonds is 10. The zero-order valence-corrected chi connectivity index (χ0v) is 16.2. The van der Waals surface area contributed by atoms with Gasteiger partial charge in [-0.3, -0.25) is 4.79 Å². The van der Waals surface area contributed by atoms with E-state index < -0.39 is 5.91 Å². The third-order valence-corrected chi connectivity index (χ3v) is 4.18. The second-order valence-corrected chi connectivity index (χ2v) is 6.31. The summed E-state index contributed by atoms with van der Waals surface area (Å²) < 4.78 is 10.5. The van der Waals surface area contributed by atoms with Gasteiger partial charge in [0, 0.05) is 31.6 Å². The van der Waals surface area contributed by atoms with Gasteiger partial charge in [-0.05, 0) is 29.8 Å². The van der Waals surface area contributed by atoms with Crippen molar-refractivity contribution in [1.29, 1.82) is 0 Å². The third kappa shape index (κ3) is 5.95. The average Bonchev–Trinajstić information content (AvgIpc) is 2.74. The monoisotopic (exact) mass is 392 g/mol. The number of aromatic nitrogens is 1. The maximum atomic E-state index is 11.7. The van der Waals surface area contributed by atoms with Gasteiger partial charge in [0.1, 0.15) is 18.2 Å². The summed E-state index contributed by atoms with van der Waals surface area (Å²) >= 11 is 0. The molecule has 7 nitrogen and oxygen atoms in total. The van der Waals surface area contributed by atoms with Crippen molar-refractivity contribution in [2.24, 2.45) is 5.73 Å². The van der Waals surface area contributed by atoms with Crippen LogP contribution in [0.4, 0.5) is 17.2 Å². The molecule has 0 atom stereocenters. The van der Waals surface area contributed by atoms with Crippen molar-refractivity contribution >= 4 is 23.1 Å². The number of nitrogens with two attached hydrogens (primary N) is 1. The van der Waals surface area contributed by atoms with Crippen LogP contribution in [0.1, 0.15) is 15.9 Å². The molecule has 4 N–H and O–H groups in total. The molecule has 0 saturated heterocycles. The Balaban J connectivity index is 1.70. The number of hydrogen-bond acceptors (Lipinski definition) is 6. The highest BCUT2D eigenvalue weighted by Gasteiger charge is 2.10. The lowest BCUT2D eigenvalue weighted by Crippen LogP contribution is -2.15. The van der Waals surface area contributed by atoms with Crippen LogP contribution >= 0.6 is 0 Å². The number of carbonyl (C=O) groups is 1. The van der Waals surface area contributed by atoms with Crippen molar-refractivity contribution in [1.82, 2.24) is 4.98 Å². The van der Waals surface area contributed by atoms with E-state index in [-0.39, 0.29) is 0 Å². The van der Waals surface area contributed by atoms with E-state index in [1.54, 1.807) is 13.2 Å². The van der Waals surface area contributed by atoms with E-state index >= 15 is 0 Å². The first-order valence-corrected chi connectivity index (χ1v) is 9.22. The van der Waals surface area contributed by atoms with Crippen LogP contribution < -0.4 is 21.1 Å². The molecule has 1 heterocycles. The van der Waals surface area contributed by atoms with Gasteiger partial charge in [0.2, 0.25) is 0 Å². The smallest absolute Gasteiger partial charge is 0.252 e. The molecule has 0 fully saturated rings. The van der Waals surface area contributed by atoms with Crippen LogP contribution in [0.15, 0.2) is 66.9 Å². The summed E-state index contributed by atoms with van der Waals surface area (Å²) in [5.41, 5.74) is 8.40. The molecule has 150 valence electrons. The van der Waals surface area contributed by atoms with Crippen LogP contribution in [0.5, 0.6) is 5.75 Å². The highest BCUT2D eigenvalue weighted by molar-refractivity contribution is 5.98. The number of nitrogens with one attached hydrogen (secondary N) is 2. The predicted molar refractivity (Wildman–Crippen MR) is 114 cm³/mol. The SMILES string of the molecule is COCCOc1ccc(Nc2cc(NCc3ccccc3)c(C(N)=O)cn2)cc1. The Morgan fingerprint density at radius 2 is 1.83 bits per heavy atom. The molecular weight excluding hydrogens is 368 g/mol. The summed E-state index contributed by atoms with van der Waals surface area (Å²) in [7, 11) is 1.63. The van der Waals surface area contributed by atoms with Crippen LogP contribution in [0.2, 0.25) is 0 Å². The van der Waals surface area contributed by atoms with Crippen LogP contribution in [0.3, 0.4) is 0 Å². The topological polar surface area (TPSA) is 98.5 Å². The quantitative estimate of drug-likeness (QED) is 0.456. The van der Waals surface area contributed by atoms with Crippen LogP contribution in [0, 0.1) is 0 Å². The van der Waals surface area contributed by atoms with Gasteiger partial charge in [-0.2, -0.15) is 0 Å². The van der Waals surface area contributed by atoms with Crippen LogP contribution in [-0.2, 0) is 11.3 Å². The Morgan fingerprint density at radius 3 is 2.52 bits per heavy atom. The molecule has 0 saturated carbocycles. The number of primary amides is 1. The molecule has 7 heteroatoms. The fourth-order valence-corrected chi connectivity index (χ4v) is 2.68. The molecule has 0 bridgehead atoms. The molecule has 0 aliphatic rings. The van der Waals surface area contributed by atoms with Gasteiger partial charge in [0.15, 0.2) is 0 Å². The lowest BCUT2D eigenvalue weighted by molar-refractivity contribution is 0.100. The van der Waals surface area contributed by atoms with E-state index in [2.05, 4.69) is 15.6 Å². The number of hydrogen-bond donors (Lipinski definition) is 3. The van der Waals surface area contributed by atoms with Gasteiger partial charge < -0.3 is 25.8 Å². The molecule has 29 heavy (non-hydrogen) atoms. The van der Waals surface area contributed by atoms with E-state index in [1.807, 2.05) is 54.6 Å². The Labute approximate surface area is 169 Å². The number of anilines is 3. The number of ether oxygens (including phenoxy) is 2. The van der Waals surface area contributed by atoms with Crippen molar-refractivity contribution < 1.29 is 14.3 Å². The molecular formula is C22H24N4O3. The molecule has 0 aliphatic heterocycles. The Hall–Kier alpha value is -3.58. The van der Waals surface area contributed by atoms with Crippen molar-refractivity contribution in [2.45, 2.75) is 6.54 Å². The van der Waals surface area contributed by atoms with Crippen LogP contribution in [0.25, 0.3) is 0 Å². The highest BCUT2D eigenvalue weighted by atomic mass is 16.5. The van der Waals surface area contributed by atoms with Gasteiger partial charge in [-0.25, -0.2) is 4.98 Å². The summed E-state index contributed by atoms with van der Waals surface area (Å²) in [6, 6.07) is 19.2. The number of benzene rings is 2. The van der Waals surface area contributed by atoms with Crippen molar-refractivity contribution in [3.05, 3.63) is 78.0 Å². The molecule has 1 aromatic heterocycles. The first-order valence-electron chi connectivity index (χ1n) is 9.22. The minimum absolute atomic E-state index is 0.341. The molecule has 0 radical (unpaired) electrons. The number of carbonyl (C=O) groups excluding carboxylic acids is 1. The van der Waals surface area contributed by atoms with Gasteiger partial charge in [0.25, 0.3) is 5.91 Å². The van der Waals surface area contributed by atoms with E-state index in [0.29, 0.717) is 36.8 Å². The first kappa shape index (κ1) is 20.2. The Morgan fingerprint density at radius 1 is 1.07 bits per heavy atom. The number of amides is 1. The zero-order valence-electron chi connectivity index (χ0n) is 16.2. The van der Waals surface area contributed by atoms with E-state index in [1.165, 1.54) is 6.20 Å². The van der Waals surface area contributed by atoms with E-state index in [9.17, 15) is 4.79 Å². The predicted octanol–water partition coefficient (Wildman–Crippen LogP) is 3.56. The molecule has 0 spiro atoms. The summed E-state index contributed by atoms with van der Waals surface area (Å²) in [4.78, 5) is 16.0. The van der Waals surface area contributed by atoms with Crippen molar-refractivity contribution in [3.63, 3.8) is 0 Å². The molecule has 0 unspecified atom stereocenters. The minimum atomic E-state index is -0.530. The molecule has 0 aliphatic carbocycles. The molecule has 3 rings (SSSR count). The van der Waals surface area contributed by atoms with Crippen molar-refractivity contribution in [2.75, 3.05) is 31.0 Å². The highest BCUT2D eigenvalue weighted by Crippen LogP contribution is 2.23.